The molecule has 1 rings (SSSR count). The number of nitrogens with zero attached hydrogens (tertiary/aromatic N) is 1. The van der Waals surface area contributed by atoms with Gasteiger partial charge in [0.15, 0.2) is 0 Å². The summed E-state index contributed by atoms with van der Waals surface area (Å²) in [7, 11) is 0. The molecule has 0 aromatic rings. The van der Waals surface area contributed by atoms with Gasteiger partial charge >= 0.3 is 0 Å². The van der Waals surface area contributed by atoms with Crippen LogP contribution in [0.3, 0.4) is 0 Å². The molecule has 1 N–H and O–H groups in total. The van der Waals surface area contributed by atoms with Gasteiger partial charge in [-0.15, -0.1) is 0 Å². The number of amides is 1. The molecule has 0 bridgehead atoms. The molecule has 1 fully saturated rings. The fourth-order valence-electron chi connectivity index (χ4n) is 2.24. The number of morpholine rings is 1. The van der Waals surface area contributed by atoms with E-state index in [9.17, 15) is 4.79 Å². The van der Waals surface area contributed by atoms with Crippen molar-refractivity contribution < 1.29 is 11.0 Å². The summed E-state index contributed by atoms with van der Waals surface area (Å²) in [6.07, 6.45) is 0. The van der Waals surface area contributed by atoms with Crippen LogP contribution in [-0.2, 0) is 9.53 Å². The Morgan fingerprint density at radius 1 is 1.37 bits per heavy atom. The molecule has 0 aromatic heterocycles. The van der Waals surface area contributed by atoms with Crippen molar-refractivity contribution in [2.24, 2.45) is 11.8 Å². The minimum absolute atomic E-state index is 0. The predicted molar refractivity (Wildman–Crippen MR) is 80.2 cm³/mol. The van der Waals surface area contributed by atoms with Gasteiger partial charge in [-0.25, -0.2) is 0 Å². The van der Waals surface area contributed by atoms with Crippen LogP contribution in [0.15, 0.2) is 0 Å². The summed E-state index contributed by atoms with van der Waals surface area (Å²) in [6, 6.07) is 0.201. The van der Waals surface area contributed by atoms with Crippen LogP contribution >= 0.6 is 0 Å². The predicted octanol–water partition coefficient (Wildman–Crippen LogP) is 2.14. The molecule has 4 heteroatoms. The summed E-state index contributed by atoms with van der Waals surface area (Å²) in [5.41, 5.74) is 0.0496. The molecule has 1 aliphatic rings. The van der Waals surface area contributed by atoms with Crippen molar-refractivity contribution in [1.29, 1.82) is 0 Å². The van der Waals surface area contributed by atoms with Gasteiger partial charge in [-0.3, -0.25) is 9.69 Å². The molecule has 114 valence electrons. The fraction of sp³-hybridized carbons (Fsp3) is 0.933. The van der Waals surface area contributed by atoms with Crippen LogP contribution in [0.4, 0.5) is 0 Å². The highest BCUT2D eigenvalue weighted by atomic mass is 16.5. The zero-order chi connectivity index (χ0) is 14.6. The van der Waals surface area contributed by atoms with Gasteiger partial charge in [-0.1, -0.05) is 27.7 Å². The van der Waals surface area contributed by atoms with Crippen molar-refractivity contribution in [1.82, 2.24) is 10.2 Å². The summed E-state index contributed by atoms with van der Waals surface area (Å²) in [4.78, 5) is 14.3. The monoisotopic (exact) mass is 272 g/mol. The smallest absolute Gasteiger partial charge is 0.222 e. The van der Waals surface area contributed by atoms with Crippen molar-refractivity contribution >= 4 is 5.91 Å². The van der Waals surface area contributed by atoms with E-state index in [0.717, 1.165) is 26.3 Å². The largest absolute Gasteiger partial charge is 0.378 e. The van der Waals surface area contributed by atoms with E-state index < -0.39 is 0 Å². The first-order valence-electron chi connectivity index (χ1n) is 7.37. The van der Waals surface area contributed by atoms with E-state index in [0.29, 0.717) is 5.92 Å². The Kier molecular flexibility index (Phi) is 5.81. The molecule has 0 saturated carbocycles. The Balaban J connectivity index is 0.00000361. The first kappa shape index (κ1) is 16.4. The maximum Gasteiger partial charge on any atom is 0.222 e. The Morgan fingerprint density at radius 3 is 2.47 bits per heavy atom. The van der Waals surface area contributed by atoms with Crippen LogP contribution in [-0.4, -0.2) is 48.7 Å². The molecule has 0 aliphatic carbocycles. The highest BCUT2D eigenvalue weighted by Gasteiger charge is 2.33. The second-order valence-corrected chi connectivity index (χ2v) is 6.82. The van der Waals surface area contributed by atoms with Gasteiger partial charge in [0.2, 0.25) is 5.91 Å². The first-order chi connectivity index (χ1) is 8.74. The van der Waals surface area contributed by atoms with Crippen LogP contribution in [0, 0.1) is 11.8 Å². The van der Waals surface area contributed by atoms with Crippen molar-refractivity contribution in [3.8, 4) is 0 Å². The Bertz CT molecular complexity index is 306. The molecule has 1 unspecified atom stereocenters. The number of nitrogens with one attached hydrogen (secondary N) is 1. The van der Waals surface area contributed by atoms with Crippen LogP contribution in [0.1, 0.15) is 43.0 Å². The van der Waals surface area contributed by atoms with Gasteiger partial charge in [0.25, 0.3) is 0 Å². The lowest BCUT2D eigenvalue weighted by atomic mass is 9.97. The van der Waals surface area contributed by atoms with E-state index in [4.69, 9.17) is 4.74 Å². The normalized spacial score (nSPS) is 21.7. The Hall–Kier alpha value is -0.610. The number of carbonyl (C=O) groups is 1. The van der Waals surface area contributed by atoms with E-state index in [1.165, 1.54) is 0 Å². The zero-order valence-corrected chi connectivity index (χ0v) is 13.3. The van der Waals surface area contributed by atoms with Gasteiger partial charge < -0.3 is 10.1 Å². The summed E-state index contributed by atoms with van der Waals surface area (Å²) < 4.78 is 5.55. The van der Waals surface area contributed by atoms with Crippen molar-refractivity contribution in [2.75, 3.05) is 26.3 Å². The maximum atomic E-state index is 11.9. The first-order valence-corrected chi connectivity index (χ1v) is 7.37. The Labute approximate surface area is 119 Å². The van der Waals surface area contributed by atoms with Crippen LogP contribution in [0.2, 0.25) is 0 Å². The average molecular weight is 272 g/mol. The summed E-state index contributed by atoms with van der Waals surface area (Å²) in [5, 5.41) is 3.18. The fourth-order valence-corrected chi connectivity index (χ4v) is 2.24. The van der Waals surface area contributed by atoms with Gasteiger partial charge in [0.05, 0.1) is 13.2 Å². The third-order valence-electron chi connectivity index (χ3n) is 3.89. The molecular weight excluding hydrogens is 240 g/mol. The molecule has 1 aliphatic heterocycles. The lowest BCUT2D eigenvalue weighted by Gasteiger charge is -2.44. The molecule has 0 radical (unpaired) electrons. The van der Waals surface area contributed by atoms with Gasteiger partial charge in [-0.05, 0) is 19.8 Å². The summed E-state index contributed by atoms with van der Waals surface area (Å²) in [6.45, 7) is 16.0. The number of rotatable bonds is 5. The quantitative estimate of drug-likeness (QED) is 0.833. The SMILES string of the molecule is CC(C)C(=O)NC(CN1CCOCC1(C)C)C(C)C.[HH]. The minimum Gasteiger partial charge on any atom is -0.378 e. The van der Waals surface area contributed by atoms with E-state index in [2.05, 4.69) is 37.9 Å². The minimum atomic E-state index is 0. The van der Waals surface area contributed by atoms with Crippen molar-refractivity contribution in [3.63, 3.8) is 0 Å². The van der Waals surface area contributed by atoms with Gasteiger partial charge in [-0.2, -0.15) is 0 Å². The highest BCUT2D eigenvalue weighted by Crippen LogP contribution is 2.20. The molecule has 1 heterocycles. The van der Waals surface area contributed by atoms with Crippen molar-refractivity contribution in [3.05, 3.63) is 0 Å². The van der Waals surface area contributed by atoms with Gasteiger partial charge in [0.1, 0.15) is 0 Å². The molecular formula is C15H32N2O2. The van der Waals surface area contributed by atoms with E-state index in [1.807, 2.05) is 13.8 Å². The highest BCUT2D eigenvalue weighted by molar-refractivity contribution is 5.78. The molecule has 1 amide bonds. The molecule has 1 atom stereocenters. The van der Waals surface area contributed by atoms with Crippen molar-refractivity contribution in [2.45, 2.75) is 53.1 Å². The topological polar surface area (TPSA) is 41.6 Å². The van der Waals surface area contributed by atoms with Crippen LogP contribution in [0.25, 0.3) is 0 Å². The standard InChI is InChI=1S/C15H30N2O2.H2/c1-11(2)13(16-14(18)12(3)4)9-17-7-8-19-10-15(17,5)6;/h11-13H,7-10H2,1-6H3,(H,16,18);1H. The third kappa shape index (κ3) is 4.77. The van der Waals surface area contributed by atoms with E-state index in [1.54, 1.807) is 0 Å². The number of carbonyl (C=O) groups excluding carboxylic acids is 1. The molecule has 19 heavy (non-hydrogen) atoms. The lowest BCUT2D eigenvalue weighted by Crippen LogP contribution is -2.58. The second kappa shape index (κ2) is 6.71. The van der Waals surface area contributed by atoms with E-state index in [-0.39, 0.29) is 24.8 Å². The van der Waals surface area contributed by atoms with E-state index >= 15 is 0 Å². The Morgan fingerprint density at radius 2 is 2.00 bits per heavy atom. The summed E-state index contributed by atoms with van der Waals surface area (Å²) >= 11 is 0. The number of ether oxygens (including phenoxy) is 1. The lowest BCUT2D eigenvalue weighted by molar-refractivity contribution is -0.125. The van der Waals surface area contributed by atoms with Gasteiger partial charge in [0, 0.05) is 32.0 Å². The third-order valence-corrected chi connectivity index (χ3v) is 3.89. The van der Waals surface area contributed by atoms with Crippen LogP contribution < -0.4 is 5.32 Å². The summed E-state index contributed by atoms with van der Waals surface area (Å²) in [5.74, 6) is 0.616. The number of hydrogen-bond acceptors (Lipinski definition) is 3. The second-order valence-electron chi connectivity index (χ2n) is 6.82. The molecule has 0 spiro atoms. The average Bonchev–Trinajstić information content (AvgIpc) is 2.29. The number of hydrogen-bond donors (Lipinski definition) is 1. The molecule has 1 saturated heterocycles. The molecule has 4 nitrogen and oxygen atoms in total. The maximum absolute atomic E-state index is 11.9. The van der Waals surface area contributed by atoms with Crippen LogP contribution in [0.5, 0.6) is 0 Å². The molecule has 0 aromatic carbocycles. The zero-order valence-electron chi connectivity index (χ0n) is 13.3.